The van der Waals surface area contributed by atoms with E-state index in [1.807, 2.05) is 4.68 Å². The molecule has 3 rings (SSSR count). The zero-order valence-electron chi connectivity index (χ0n) is 10.0. The van der Waals surface area contributed by atoms with Gasteiger partial charge in [0, 0.05) is 25.2 Å². The average molecular weight is 249 g/mol. The summed E-state index contributed by atoms with van der Waals surface area (Å²) >= 11 is 0. The van der Waals surface area contributed by atoms with Crippen molar-refractivity contribution >= 4 is 11.9 Å². The number of carbonyl (C=O) groups is 2. The Labute approximate surface area is 104 Å². The van der Waals surface area contributed by atoms with E-state index in [4.69, 9.17) is 5.11 Å². The third kappa shape index (κ3) is 1.68. The maximum absolute atomic E-state index is 11.6. The molecule has 6 nitrogen and oxygen atoms in total. The molecule has 0 atom stereocenters. The number of ketones is 1. The minimum absolute atomic E-state index is 0.180. The average Bonchev–Trinajstić information content (AvgIpc) is 2.93. The number of hydrogen-bond donors (Lipinski definition) is 1. The van der Waals surface area contributed by atoms with Crippen molar-refractivity contribution < 1.29 is 14.7 Å². The molecule has 1 fully saturated rings. The molecule has 6 heteroatoms. The standard InChI is InChI=1S/C12H15N3O3/c16-11-2-1-10-9(11)7-13-15(10)8-3-5-14(6-4-8)12(17)18/h7-8H,1-6H2,(H,17,18). The summed E-state index contributed by atoms with van der Waals surface area (Å²) in [5.41, 5.74) is 1.80. The van der Waals surface area contributed by atoms with Gasteiger partial charge in [-0.3, -0.25) is 9.48 Å². The van der Waals surface area contributed by atoms with Crippen molar-refractivity contribution in [3.05, 3.63) is 17.5 Å². The Morgan fingerprint density at radius 3 is 2.72 bits per heavy atom. The zero-order valence-corrected chi connectivity index (χ0v) is 10.0. The molecule has 1 aliphatic heterocycles. The highest BCUT2D eigenvalue weighted by Gasteiger charge is 2.30. The van der Waals surface area contributed by atoms with Crippen LogP contribution in [0.5, 0.6) is 0 Å². The molecule has 1 amide bonds. The van der Waals surface area contributed by atoms with Gasteiger partial charge in [0.25, 0.3) is 0 Å². The fourth-order valence-electron chi connectivity index (χ4n) is 2.85. The van der Waals surface area contributed by atoms with E-state index in [9.17, 15) is 9.59 Å². The maximum atomic E-state index is 11.6. The number of hydrogen-bond acceptors (Lipinski definition) is 3. The van der Waals surface area contributed by atoms with Gasteiger partial charge in [0.2, 0.25) is 0 Å². The van der Waals surface area contributed by atoms with Crippen LogP contribution in [-0.4, -0.2) is 44.8 Å². The minimum atomic E-state index is -0.852. The number of fused-ring (bicyclic) bond motifs is 1. The lowest BCUT2D eigenvalue weighted by molar-refractivity contribution is 0.0994. The van der Waals surface area contributed by atoms with Gasteiger partial charge in [-0.1, -0.05) is 0 Å². The van der Waals surface area contributed by atoms with Gasteiger partial charge in [-0.15, -0.1) is 0 Å². The molecule has 1 aromatic rings. The summed E-state index contributed by atoms with van der Waals surface area (Å²) < 4.78 is 1.94. The molecular weight excluding hydrogens is 234 g/mol. The second-order valence-electron chi connectivity index (χ2n) is 4.87. The van der Waals surface area contributed by atoms with Crippen LogP contribution in [0, 0.1) is 0 Å². The molecule has 1 N–H and O–H groups in total. The number of amides is 1. The lowest BCUT2D eigenvalue weighted by Crippen LogP contribution is -2.38. The van der Waals surface area contributed by atoms with Gasteiger partial charge in [-0.2, -0.15) is 5.10 Å². The van der Waals surface area contributed by atoms with Gasteiger partial charge in [0.15, 0.2) is 5.78 Å². The zero-order chi connectivity index (χ0) is 12.7. The fraction of sp³-hybridized carbons (Fsp3) is 0.583. The lowest BCUT2D eigenvalue weighted by atomic mass is 10.1. The predicted octanol–water partition coefficient (Wildman–Crippen LogP) is 1.33. The molecule has 1 aliphatic carbocycles. The maximum Gasteiger partial charge on any atom is 0.407 e. The summed E-state index contributed by atoms with van der Waals surface area (Å²) in [6, 6.07) is 0.232. The van der Waals surface area contributed by atoms with Gasteiger partial charge in [-0.05, 0) is 19.3 Å². The molecule has 0 aromatic carbocycles. The van der Waals surface area contributed by atoms with Crippen LogP contribution in [0.15, 0.2) is 6.20 Å². The lowest BCUT2D eigenvalue weighted by Gasteiger charge is -2.30. The first-order valence-electron chi connectivity index (χ1n) is 6.24. The Balaban J connectivity index is 1.76. The summed E-state index contributed by atoms with van der Waals surface area (Å²) in [7, 11) is 0. The Morgan fingerprint density at radius 2 is 2.06 bits per heavy atom. The first-order valence-corrected chi connectivity index (χ1v) is 6.24. The number of carboxylic acid groups (broad SMARTS) is 1. The summed E-state index contributed by atoms with van der Waals surface area (Å²) in [4.78, 5) is 23.8. The van der Waals surface area contributed by atoms with Gasteiger partial charge in [-0.25, -0.2) is 4.79 Å². The molecule has 0 radical (unpaired) electrons. The normalized spacial score (nSPS) is 20.2. The van der Waals surface area contributed by atoms with E-state index < -0.39 is 6.09 Å². The molecular formula is C12H15N3O3. The van der Waals surface area contributed by atoms with E-state index in [0.717, 1.165) is 30.5 Å². The second kappa shape index (κ2) is 4.12. The SMILES string of the molecule is O=C1CCc2c1cnn2C1CCN(C(=O)O)CC1. The van der Waals surface area contributed by atoms with E-state index in [1.54, 1.807) is 6.20 Å². The number of likely N-dealkylation sites (tertiary alicyclic amines) is 1. The van der Waals surface area contributed by atoms with Crippen molar-refractivity contribution in [3.63, 3.8) is 0 Å². The second-order valence-corrected chi connectivity index (χ2v) is 4.87. The van der Waals surface area contributed by atoms with E-state index in [2.05, 4.69) is 5.10 Å². The van der Waals surface area contributed by atoms with Crippen LogP contribution in [0.2, 0.25) is 0 Å². The molecule has 0 spiro atoms. The molecule has 1 saturated heterocycles. The number of Topliss-reactive ketones (excluding diaryl/α,β-unsaturated/α-hetero) is 1. The highest BCUT2D eigenvalue weighted by atomic mass is 16.4. The number of carbonyl (C=O) groups excluding carboxylic acids is 1. The van der Waals surface area contributed by atoms with Gasteiger partial charge in [0.1, 0.15) is 0 Å². The number of aromatic nitrogens is 2. The first kappa shape index (κ1) is 11.3. The Kier molecular flexibility index (Phi) is 2.57. The molecule has 0 unspecified atom stereocenters. The molecule has 2 heterocycles. The first-order chi connectivity index (χ1) is 8.66. The van der Waals surface area contributed by atoms with E-state index in [-0.39, 0.29) is 11.8 Å². The van der Waals surface area contributed by atoms with Crippen molar-refractivity contribution in [1.29, 1.82) is 0 Å². The Hall–Kier alpha value is -1.85. The van der Waals surface area contributed by atoms with Crippen LogP contribution in [0.1, 0.15) is 41.4 Å². The Bertz CT molecular complexity index is 501. The van der Waals surface area contributed by atoms with Crippen LogP contribution in [0.25, 0.3) is 0 Å². The number of nitrogens with zero attached hydrogens (tertiary/aromatic N) is 3. The number of rotatable bonds is 1. The highest BCUT2D eigenvalue weighted by Crippen LogP contribution is 2.29. The summed E-state index contributed by atoms with van der Waals surface area (Å²) in [6.45, 7) is 1.09. The molecule has 2 aliphatic rings. The van der Waals surface area contributed by atoms with E-state index in [0.29, 0.717) is 19.5 Å². The van der Waals surface area contributed by atoms with Gasteiger partial charge in [0.05, 0.1) is 17.8 Å². The summed E-state index contributed by atoms with van der Waals surface area (Å²) in [5.74, 6) is 0.180. The third-order valence-corrected chi connectivity index (χ3v) is 3.87. The molecule has 1 aromatic heterocycles. The molecule has 96 valence electrons. The van der Waals surface area contributed by atoms with E-state index >= 15 is 0 Å². The minimum Gasteiger partial charge on any atom is -0.465 e. The van der Waals surface area contributed by atoms with Crippen LogP contribution >= 0.6 is 0 Å². The van der Waals surface area contributed by atoms with Crippen molar-refractivity contribution in [2.24, 2.45) is 0 Å². The Morgan fingerprint density at radius 1 is 1.33 bits per heavy atom. The van der Waals surface area contributed by atoms with Gasteiger partial charge < -0.3 is 10.0 Å². The topological polar surface area (TPSA) is 75.4 Å². The molecule has 0 saturated carbocycles. The summed E-state index contributed by atoms with van der Waals surface area (Å²) in [6.07, 6.45) is 3.71. The fourth-order valence-corrected chi connectivity index (χ4v) is 2.85. The van der Waals surface area contributed by atoms with Crippen molar-refractivity contribution in [1.82, 2.24) is 14.7 Å². The molecule has 18 heavy (non-hydrogen) atoms. The van der Waals surface area contributed by atoms with Crippen LogP contribution < -0.4 is 0 Å². The van der Waals surface area contributed by atoms with Crippen LogP contribution in [0.3, 0.4) is 0 Å². The van der Waals surface area contributed by atoms with Crippen molar-refractivity contribution in [3.8, 4) is 0 Å². The monoisotopic (exact) mass is 249 g/mol. The predicted molar refractivity (Wildman–Crippen MR) is 62.7 cm³/mol. The van der Waals surface area contributed by atoms with Gasteiger partial charge >= 0.3 is 6.09 Å². The van der Waals surface area contributed by atoms with E-state index in [1.165, 1.54) is 4.90 Å². The van der Waals surface area contributed by atoms with Crippen molar-refractivity contribution in [2.75, 3.05) is 13.1 Å². The summed E-state index contributed by atoms with van der Waals surface area (Å²) in [5, 5.41) is 13.2. The third-order valence-electron chi connectivity index (χ3n) is 3.87. The largest absolute Gasteiger partial charge is 0.465 e. The quantitative estimate of drug-likeness (QED) is 0.814. The van der Waals surface area contributed by atoms with Crippen molar-refractivity contribution in [2.45, 2.75) is 31.7 Å². The van der Waals surface area contributed by atoms with Crippen LogP contribution in [-0.2, 0) is 6.42 Å². The smallest absolute Gasteiger partial charge is 0.407 e. The highest BCUT2D eigenvalue weighted by molar-refractivity contribution is 5.99. The number of piperidine rings is 1. The molecule has 0 bridgehead atoms. The van der Waals surface area contributed by atoms with Crippen LogP contribution in [0.4, 0.5) is 4.79 Å².